The summed E-state index contributed by atoms with van der Waals surface area (Å²) in [6.45, 7) is 3.42. The highest BCUT2D eigenvalue weighted by Crippen LogP contribution is 2.28. The minimum atomic E-state index is -0.0609. The van der Waals surface area contributed by atoms with E-state index in [1.807, 2.05) is 31.2 Å². The second-order valence-electron chi connectivity index (χ2n) is 6.18. The maximum Gasteiger partial charge on any atom is 0.224 e. The van der Waals surface area contributed by atoms with Crippen LogP contribution in [0.25, 0.3) is 0 Å². The summed E-state index contributed by atoms with van der Waals surface area (Å²) in [5.74, 6) is 1.30. The van der Waals surface area contributed by atoms with Crippen LogP contribution in [0.15, 0.2) is 36.4 Å². The Bertz CT molecular complexity index is 799. The number of hydrogen-bond acceptors (Lipinski definition) is 4. The molecule has 26 heavy (non-hydrogen) atoms. The first-order chi connectivity index (χ1) is 12.4. The third-order valence-electron chi connectivity index (χ3n) is 4.24. The van der Waals surface area contributed by atoms with Crippen LogP contribution in [0.5, 0.6) is 11.5 Å². The van der Waals surface area contributed by atoms with Crippen LogP contribution >= 0.6 is 0 Å². The third kappa shape index (κ3) is 5.09. The lowest BCUT2D eigenvalue weighted by Crippen LogP contribution is -2.13. The molecule has 0 saturated heterocycles. The molecule has 1 amide bonds. The van der Waals surface area contributed by atoms with Crippen LogP contribution in [0.1, 0.15) is 41.3 Å². The summed E-state index contributed by atoms with van der Waals surface area (Å²) in [7, 11) is 3.21. The Hall–Kier alpha value is -2.82. The first-order valence-corrected chi connectivity index (χ1v) is 8.57. The summed E-state index contributed by atoms with van der Waals surface area (Å²) in [5, 5.41) is 2.90. The third-order valence-corrected chi connectivity index (χ3v) is 4.24. The molecule has 2 aromatic rings. The van der Waals surface area contributed by atoms with Gasteiger partial charge in [0.1, 0.15) is 0 Å². The number of rotatable bonds is 8. The van der Waals surface area contributed by atoms with Crippen LogP contribution in [0.2, 0.25) is 0 Å². The van der Waals surface area contributed by atoms with Crippen molar-refractivity contribution in [3.8, 4) is 11.5 Å². The van der Waals surface area contributed by atoms with Crippen molar-refractivity contribution in [1.29, 1.82) is 0 Å². The molecule has 5 heteroatoms. The van der Waals surface area contributed by atoms with Gasteiger partial charge in [-0.15, -0.1) is 0 Å². The standard InChI is InChI=1S/C21H25NO4/c1-14-8-10-17(15(2)23)13-18(14)22-21(24)7-5-6-16-9-11-19(25-3)20(12-16)26-4/h8-13H,5-7H2,1-4H3,(H,22,24). The molecule has 0 aromatic heterocycles. The van der Waals surface area contributed by atoms with Crippen molar-refractivity contribution in [2.24, 2.45) is 0 Å². The van der Waals surface area contributed by atoms with E-state index in [1.165, 1.54) is 6.92 Å². The highest BCUT2D eigenvalue weighted by atomic mass is 16.5. The van der Waals surface area contributed by atoms with Gasteiger partial charge in [-0.1, -0.05) is 18.2 Å². The quantitative estimate of drug-likeness (QED) is 0.722. The summed E-state index contributed by atoms with van der Waals surface area (Å²) in [6.07, 6.45) is 1.88. The first-order valence-electron chi connectivity index (χ1n) is 8.57. The van der Waals surface area contributed by atoms with E-state index in [-0.39, 0.29) is 11.7 Å². The second kappa shape index (κ2) is 9.04. The van der Waals surface area contributed by atoms with Crippen molar-refractivity contribution < 1.29 is 19.1 Å². The molecule has 0 aliphatic carbocycles. The number of benzene rings is 2. The van der Waals surface area contributed by atoms with Gasteiger partial charge in [-0.2, -0.15) is 0 Å². The van der Waals surface area contributed by atoms with Crippen LogP contribution in [0, 0.1) is 6.92 Å². The van der Waals surface area contributed by atoms with E-state index in [1.54, 1.807) is 26.4 Å². The summed E-state index contributed by atoms with van der Waals surface area (Å²) in [4.78, 5) is 23.7. The van der Waals surface area contributed by atoms with Crippen molar-refractivity contribution in [1.82, 2.24) is 0 Å². The largest absolute Gasteiger partial charge is 0.493 e. The van der Waals surface area contributed by atoms with E-state index in [0.717, 1.165) is 17.5 Å². The smallest absolute Gasteiger partial charge is 0.224 e. The topological polar surface area (TPSA) is 64.6 Å². The molecule has 1 N–H and O–H groups in total. The number of nitrogens with one attached hydrogen (secondary N) is 1. The van der Waals surface area contributed by atoms with E-state index < -0.39 is 0 Å². The fraction of sp³-hybridized carbons (Fsp3) is 0.333. The zero-order valence-electron chi connectivity index (χ0n) is 15.7. The number of methoxy groups -OCH3 is 2. The van der Waals surface area contributed by atoms with Crippen LogP contribution < -0.4 is 14.8 Å². The zero-order chi connectivity index (χ0) is 19.1. The van der Waals surface area contributed by atoms with Crippen molar-refractivity contribution in [2.45, 2.75) is 33.1 Å². The molecule has 5 nitrogen and oxygen atoms in total. The van der Waals surface area contributed by atoms with E-state index in [4.69, 9.17) is 9.47 Å². The van der Waals surface area contributed by atoms with Crippen molar-refractivity contribution in [3.05, 3.63) is 53.1 Å². The van der Waals surface area contributed by atoms with Gasteiger partial charge in [-0.3, -0.25) is 9.59 Å². The Balaban J connectivity index is 1.91. The van der Waals surface area contributed by atoms with E-state index in [0.29, 0.717) is 35.6 Å². The second-order valence-corrected chi connectivity index (χ2v) is 6.18. The number of Topliss-reactive ketones (excluding diaryl/α,β-unsaturated/α-hetero) is 1. The highest BCUT2D eigenvalue weighted by molar-refractivity contribution is 5.97. The van der Waals surface area contributed by atoms with Gasteiger partial charge in [-0.05, 0) is 56.0 Å². The molecular weight excluding hydrogens is 330 g/mol. The molecule has 0 unspecified atom stereocenters. The number of carbonyl (C=O) groups is 2. The number of ketones is 1. The summed E-state index contributed by atoms with van der Waals surface area (Å²) in [6, 6.07) is 11.1. The van der Waals surface area contributed by atoms with Crippen LogP contribution in [-0.2, 0) is 11.2 Å². The number of carbonyl (C=O) groups excluding carboxylic acids is 2. The average molecular weight is 355 g/mol. The number of amides is 1. The van der Waals surface area contributed by atoms with Crippen LogP contribution in [0.3, 0.4) is 0 Å². The molecule has 0 heterocycles. The van der Waals surface area contributed by atoms with Gasteiger partial charge in [0, 0.05) is 17.7 Å². The SMILES string of the molecule is COc1ccc(CCCC(=O)Nc2cc(C(C)=O)ccc2C)cc1OC. The molecule has 138 valence electrons. The monoisotopic (exact) mass is 355 g/mol. The molecule has 0 radical (unpaired) electrons. The molecule has 0 spiro atoms. The van der Waals surface area contributed by atoms with E-state index in [9.17, 15) is 9.59 Å². The normalized spacial score (nSPS) is 10.3. The predicted molar refractivity (Wildman–Crippen MR) is 102 cm³/mol. The zero-order valence-corrected chi connectivity index (χ0v) is 15.7. The molecule has 0 bridgehead atoms. The molecule has 2 rings (SSSR count). The van der Waals surface area contributed by atoms with E-state index in [2.05, 4.69) is 5.32 Å². The van der Waals surface area contributed by atoms with E-state index >= 15 is 0 Å². The van der Waals surface area contributed by atoms with Gasteiger partial charge >= 0.3 is 0 Å². The number of aryl methyl sites for hydroxylation is 2. The Morgan fingerprint density at radius 2 is 1.73 bits per heavy atom. The summed E-state index contributed by atoms with van der Waals surface area (Å²) < 4.78 is 10.5. The molecule has 0 atom stereocenters. The Morgan fingerprint density at radius 1 is 1.00 bits per heavy atom. The maximum atomic E-state index is 12.2. The van der Waals surface area contributed by atoms with Crippen molar-refractivity contribution >= 4 is 17.4 Å². The van der Waals surface area contributed by atoms with Crippen molar-refractivity contribution in [3.63, 3.8) is 0 Å². The van der Waals surface area contributed by atoms with Crippen LogP contribution in [-0.4, -0.2) is 25.9 Å². The lowest BCUT2D eigenvalue weighted by Gasteiger charge is -2.11. The maximum absolute atomic E-state index is 12.2. The minimum absolute atomic E-state index is 0.0195. The molecule has 0 saturated carbocycles. The molecule has 0 aliphatic heterocycles. The average Bonchev–Trinajstić information content (AvgIpc) is 2.63. The first kappa shape index (κ1) is 19.5. The van der Waals surface area contributed by atoms with Gasteiger partial charge in [0.2, 0.25) is 5.91 Å². The fourth-order valence-corrected chi connectivity index (χ4v) is 2.68. The van der Waals surface area contributed by atoms with Gasteiger partial charge < -0.3 is 14.8 Å². The summed E-state index contributed by atoms with van der Waals surface area (Å²) in [5.41, 5.74) is 3.30. The number of ether oxygens (including phenoxy) is 2. The molecular formula is C21H25NO4. The Labute approximate surface area is 154 Å². The lowest BCUT2D eigenvalue weighted by molar-refractivity contribution is -0.116. The predicted octanol–water partition coefficient (Wildman–Crippen LogP) is 4.18. The van der Waals surface area contributed by atoms with Gasteiger partial charge in [0.15, 0.2) is 17.3 Å². The van der Waals surface area contributed by atoms with Gasteiger partial charge in [0.25, 0.3) is 0 Å². The molecule has 0 fully saturated rings. The molecule has 2 aromatic carbocycles. The van der Waals surface area contributed by atoms with Gasteiger partial charge in [0.05, 0.1) is 14.2 Å². The molecule has 0 aliphatic rings. The lowest BCUT2D eigenvalue weighted by atomic mass is 10.1. The van der Waals surface area contributed by atoms with Crippen molar-refractivity contribution in [2.75, 3.05) is 19.5 Å². The van der Waals surface area contributed by atoms with Crippen LogP contribution in [0.4, 0.5) is 5.69 Å². The fourth-order valence-electron chi connectivity index (χ4n) is 2.68. The number of hydrogen-bond donors (Lipinski definition) is 1. The highest BCUT2D eigenvalue weighted by Gasteiger charge is 2.09. The number of anilines is 1. The Morgan fingerprint density at radius 3 is 2.38 bits per heavy atom. The summed E-state index contributed by atoms with van der Waals surface area (Å²) >= 11 is 0. The Kier molecular flexibility index (Phi) is 6.78. The van der Waals surface area contributed by atoms with Gasteiger partial charge in [-0.25, -0.2) is 0 Å². The minimum Gasteiger partial charge on any atom is -0.493 e.